The first-order valence-electron chi connectivity index (χ1n) is 7.05. The highest BCUT2D eigenvalue weighted by Gasteiger charge is 2.16. The molecule has 0 saturated carbocycles. The van der Waals surface area contributed by atoms with Gasteiger partial charge >= 0.3 is 0 Å². The fraction of sp³-hybridized carbons (Fsp3) is 0.412. The van der Waals surface area contributed by atoms with Gasteiger partial charge in [-0.25, -0.2) is 0 Å². The van der Waals surface area contributed by atoms with Gasteiger partial charge in [-0.3, -0.25) is 0 Å². The number of methoxy groups -OCH3 is 1. The molecule has 3 heteroatoms. The summed E-state index contributed by atoms with van der Waals surface area (Å²) in [7, 11) is 1.74. The molecule has 2 aromatic rings. The van der Waals surface area contributed by atoms with Crippen LogP contribution in [0.2, 0.25) is 0 Å². The Kier molecular flexibility index (Phi) is 5.77. The first kappa shape index (κ1) is 15.2. The van der Waals surface area contributed by atoms with Crippen LogP contribution in [0, 0.1) is 5.92 Å². The van der Waals surface area contributed by atoms with Gasteiger partial charge < -0.3 is 10.1 Å². The summed E-state index contributed by atoms with van der Waals surface area (Å²) in [5.41, 5.74) is 2.58. The number of ether oxygens (including phenoxy) is 1. The number of hydrogen-bond acceptors (Lipinski definition) is 3. The van der Waals surface area contributed by atoms with E-state index in [0.717, 1.165) is 6.54 Å². The van der Waals surface area contributed by atoms with Crippen molar-refractivity contribution in [1.29, 1.82) is 0 Å². The Hall–Kier alpha value is -1.16. The lowest BCUT2D eigenvalue weighted by Gasteiger charge is -2.22. The van der Waals surface area contributed by atoms with Gasteiger partial charge in [-0.05, 0) is 28.5 Å². The summed E-state index contributed by atoms with van der Waals surface area (Å²) in [5.74, 6) is 0.572. The van der Waals surface area contributed by atoms with E-state index >= 15 is 0 Å². The van der Waals surface area contributed by atoms with E-state index in [1.807, 2.05) is 11.3 Å². The molecule has 0 aliphatic heterocycles. The molecule has 0 radical (unpaired) electrons. The molecular formula is C17H23NOS. The molecule has 1 N–H and O–H groups in total. The monoisotopic (exact) mass is 289 g/mol. The molecule has 2 nitrogen and oxygen atoms in total. The molecule has 108 valence electrons. The summed E-state index contributed by atoms with van der Waals surface area (Å²) < 4.78 is 5.27. The SMILES string of the molecule is COCc1ccccc1CNC(c1cccs1)C(C)C. The first-order valence-corrected chi connectivity index (χ1v) is 7.93. The van der Waals surface area contributed by atoms with Crippen LogP contribution in [0.15, 0.2) is 41.8 Å². The van der Waals surface area contributed by atoms with Gasteiger partial charge in [0.1, 0.15) is 0 Å². The van der Waals surface area contributed by atoms with Crippen LogP contribution in [0.25, 0.3) is 0 Å². The Morgan fingerprint density at radius 3 is 2.45 bits per heavy atom. The van der Waals surface area contributed by atoms with Crippen LogP contribution in [0.4, 0.5) is 0 Å². The van der Waals surface area contributed by atoms with E-state index in [-0.39, 0.29) is 0 Å². The van der Waals surface area contributed by atoms with Crippen LogP contribution in [0.3, 0.4) is 0 Å². The summed E-state index contributed by atoms with van der Waals surface area (Å²) in [6, 6.07) is 13.2. The van der Waals surface area contributed by atoms with Crippen LogP contribution in [0.5, 0.6) is 0 Å². The fourth-order valence-electron chi connectivity index (χ4n) is 2.38. The first-order chi connectivity index (χ1) is 9.72. The Labute approximate surface area is 125 Å². The predicted octanol–water partition coefficient (Wildman–Crippen LogP) is 4.38. The van der Waals surface area contributed by atoms with E-state index in [4.69, 9.17) is 4.74 Å². The van der Waals surface area contributed by atoms with Crippen molar-refractivity contribution in [1.82, 2.24) is 5.32 Å². The fourth-order valence-corrected chi connectivity index (χ4v) is 3.35. The molecule has 2 rings (SSSR count). The second-order valence-corrected chi connectivity index (χ2v) is 6.30. The molecule has 20 heavy (non-hydrogen) atoms. The van der Waals surface area contributed by atoms with Gasteiger partial charge in [0.25, 0.3) is 0 Å². The van der Waals surface area contributed by atoms with Crippen molar-refractivity contribution in [3.63, 3.8) is 0 Å². The molecule has 0 amide bonds. The zero-order chi connectivity index (χ0) is 14.4. The molecule has 0 aliphatic carbocycles. The number of nitrogens with one attached hydrogen (secondary N) is 1. The molecule has 0 spiro atoms. The number of benzene rings is 1. The second-order valence-electron chi connectivity index (χ2n) is 5.32. The van der Waals surface area contributed by atoms with Crippen molar-refractivity contribution in [3.8, 4) is 0 Å². The van der Waals surface area contributed by atoms with Gasteiger partial charge in [-0.2, -0.15) is 0 Å². The van der Waals surface area contributed by atoms with Gasteiger partial charge in [0.2, 0.25) is 0 Å². The smallest absolute Gasteiger partial charge is 0.0716 e. The summed E-state index contributed by atoms with van der Waals surface area (Å²) in [6.07, 6.45) is 0. The highest BCUT2D eigenvalue weighted by Crippen LogP contribution is 2.26. The van der Waals surface area contributed by atoms with E-state index in [9.17, 15) is 0 Å². The van der Waals surface area contributed by atoms with Crippen molar-refractivity contribution >= 4 is 11.3 Å². The third-order valence-corrected chi connectivity index (χ3v) is 4.40. The third-order valence-electron chi connectivity index (χ3n) is 3.45. The molecule has 0 aliphatic rings. The van der Waals surface area contributed by atoms with Crippen molar-refractivity contribution in [2.45, 2.75) is 33.0 Å². The minimum atomic E-state index is 0.408. The molecule has 1 aromatic carbocycles. The van der Waals surface area contributed by atoms with Crippen LogP contribution in [0.1, 0.15) is 35.9 Å². The topological polar surface area (TPSA) is 21.3 Å². The van der Waals surface area contributed by atoms with E-state index in [0.29, 0.717) is 18.6 Å². The minimum absolute atomic E-state index is 0.408. The molecular weight excluding hydrogens is 266 g/mol. The van der Waals surface area contributed by atoms with Crippen molar-refractivity contribution < 1.29 is 4.74 Å². The highest BCUT2D eigenvalue weighted by molar-refractivity contribution is 7.10. The van der Waals surface area contributed by atoms with Crippen molar-refractivity contribution in [2.75, 3.05) is 7.11 Å². The average molecular weight is 289 g/mol. The quantitative estimate of drug-likeness (QED) is 0.816. The van der Waals surface area contributed by atoms with E-state index < -0.39 is 0 Å². The number of thiophene rings is 1. The van der Waals surface area contributed by atoms with Crippen LogP contribution < -0.4 is 5.32 Å². The highest BCUT2D eigenvalue weighted by atomic mass is 32.1. The van der Waals surface area contributed by atoms with E-state index in [2.05, 4.69) is 60.9 Å². The zero-order valence-corrected chi connectivity index (χ0v) is 13.2. The van der Waals surface area contributed by atoms with Gasteiger partial charge in [0.05, 0.1) is 6.61 Å². The van der Waals surface area contributed by atoms with Crippen LogP contribution in [-0.2, 0) is 17.9 Å². The van der Waals surface area contributed by atoms with Gasteiger partial charge in [-0.15, -0.1) is 11.3 Å². The Morgan fingerprint density at radius 1 is 1.10 bits per heavy atom. The Balaban J connectivity index is 2.06. The molecule has 0 fully saturated rings. The van der Waals surface area contributed by atoms with Crippen LogP contribution >= 0.6 is 11.3 Å². The average Bonchev–Trinajstić information content (AvgIpc) is 2.94. The minimum Gasteiger partial charge on any atom is -0.380 e. The molecule has 1 atom stereocenters. The van der Waals surface area contributed by atoms with Crippen molar-refractivity contribution in [3.05, 3.63) is 57.8 Å². The normalized spacial score (nSPS) is 12.8. The maximum absolute atomic E-state index is 5.27. The molecule has 1 aromatic heterocycles. The number of rotatable bonds is 7. The summed E-state index contributed by atoms with van der Waals surface area (Å²) in [6.45, 7) is 6.07. The molecule has 0 bridgehead atoms. The molecule has 1 heterocycles. The lowest BCUT2D eigenvalue weighted by Crippen LogP contribution is -2.25. The summed E-state index contributed by atoms with van der Waals surface area (Å²) >= 11 is 1.82. The van der Waals surface area contributed by atoms with Gasteiger partial charge in [0.15, 0.2) is 0 Å². The summed E-state index contributed by atoms with van der Waals surface area (Å²) in [4.78, 5) is 1.41. The molecule has 0 saturated heterocycles. The van der Waals surface area contributed by atoms with E-state index in [1.165, 1.54) is 16.0 Å². The van der Waals surface area contributed by atoms with Crippen molar-refractivity contribution in [2.24, 2.45) is 5.92 Å². The van der Waals surface area contributed by atoms with Gasteiger partial charge in [0, 0.05) is 24.6 Å². The van der Waals surface area contributed by atoms with Crippen LogP contribution in [-0.4, -0.2) is 7.11 Å². The zero-order valence-electron chi connectivity index (χ0n) is 12.4. The van der Waals surface area contributed by atoms with Gasteiger partial charge in [-0.1, -0.05) is 44.2 Å². The lowest BCUT2D eigenvalue weighted by atomic mass is 10.0. The molecule has 1 unspecified atom stereocenters. The Bertz CT molecular complexity index is 507. The number of hydrogen-bond donors (Lipinski definition) is 1. The lowest BCUT2D eigenvalue weighted by molar-refractivity contribution is 0.184. The van der Waals surface area contributed by atoms with E-state index in [1.54, 1.807) is 7.11 Å². The largest absolute Gasteiger partial charge is 0.380 e. The Morgan fingerprint density at radius 2 is 1.85 bits per heavy atom. The standard InChI is InChI=1S/C17H23NOS/c1-13(2)17(16-9-6-10-20-16)18-11-14-7-4-5-8-15(14)12-19-3/h4-10,13,17-18H,11-12H2,1-3H3. The third kappa shape index (κ3) is 3.92. The maximum Gasteiger partial charge on any atom is 0.0716 e. The second kappa shape index (κ2) is 7.58. The predicted molar refractivity (Wildman–Crippen MR) is 85.9 cm³/mol. The summed E-state index contributed by atoms with van der Waals surface area (Å²) in [5, 5.41) is 5.84. The maximum atomic E-state index is 5.27.